The molecule has 2 aromatic heterocycles. The standard InChI is InChI=1S/C22H29F2N7O/c1-12(2)8-18(13(3)25)29-22-17(24)10-16(20(26)32)21(30-22)28-15-4-5-19-14(9-15)11-27-31(19)7-6-23/h4-5,9-13,18H,6-8,25H2,1-3H3,(H2,26,32)(H2,28,29,30)/t13-,18+/m0/s1. The Morgan fingerprint density at radius 1 is 1.22 bits per heavy atom. The highest BCUT2D eigenvalue weighted by molar-refractivity contribution is 5.99. The van der Waals surface area contributed by atoms with Crippen LogP contribution in [0.15, 0.2) is 30.5 Å². The molecule has 3 aromatic rings. The summed E-state index contributed by atoms with van der Waals surface area (Å²) in [5.41, 5.74) is 12.8. The fourth-order valence-corrected chi connectivity index (χ4v) is 3.52. The van der Waals surface area contributed by atoms with Gasteiger partial charge in [-0.05, 0) is 43.5 Å². The first-order chi connectivity index (χ1) is 15.2. The molecule has 3 rings (SSSR count). The van der Waals surface area contributed by atoms with E-state index in [1.165, 1.54) is 0 Å². The van der Waals surface area contributed by atoms with E-state index in [-0.39, 0.29) is 35.8 Å². The second-order valence-electron chi connectivity index (χ2n) is 8.27. The van der Waals surface area contributed by atoms with Crippen molar-refractivity contribution in [3.63, 3.8) is 0 Å². The molecule has 1 amide bonds. The number of nitrogens with zero attached hydrogens (tertiary/aromatic N) is 3. The Morgan fingerprint density at radius 2 is 1.97 bits per heavy atom. The number of aromatic nitrogens is 3. The summed E-state index contributed by atoms with van der Waals surface area (Å²) in [6, 6.07) is 5.91. The Balaban J connectivity index is 1.95. The van der Waals surface area contributed by atoms with Gasteiger partial charge in [-0.25, -0.2) is 13.8 Å². The lowest BCUT2D eigenvalue weighted by molar-refractivity contribution is 0.100. The summed E-state index contributed by atoms with van der Waals surface area (Å²) in [6.45, 7) is 5.58. The van der Waals surface area contributed by atoms with Crippen molar-refractivity contribution < 1.29 is 13.6 Å². The van der Waals surface area contributed by atoms with E-state index in [4.69, 9.17) is 11.5 Å². The van der Waals surface area contributed by atoms with Gasteiger partial charge < -0.3 is 22.1 Å². The number of benzene rings is 1. The zero-order chi connectivity index (χ0) is 23.4. The number of carbonyl (C=O) groups is 1. The fraction of sp³-hybridized carbons (Fsp3) is 0.409. The number of nitrogens with two attached hydrogens (primary N) is 2. The van der Waals surface area contributed by atoms with E-state index in [1.54, 1.807) is 29.1 Å². The fourth-order valence-electron chi connectivity index (χ4n) is 3.52. The molecule has 0 spiro atoms. The van der Waals surface area contributed by atoms with Crippen molar-refractivity contribution in [2.75, 3.05) is 17.3 Å². The van der Waals surface area contributed by atoms with Gasteiger partial charge >= 0.3 is 0 Å². The van der Waals surface area contributed by atoms with Crippen molar-refractivity contribution in [2.24, 2.45) is 17.4 Å². The van der Waals surface area contributed by atoms with Crippen molar-refractivity contribution in [1.29, 1.82) is 0 Å². The number of nitrogens with one attached hydrogen (secondary N) is 2. The third kappa shape index (κ3) is 5.31. The van der Waals surface area contributed by atoms with Gasteiger partial charge in [0.05, 0.1) is 23.8 Å². The summed E-state index contributed by atoms with van der Waals surface area (Å²) >= 11 is 0. The lowest BCUT2D eigenvalue weighted by atomic mass is 9.99. The van der Waals surface area contributed by atoms with Crippen molar-refractivity contribution in [1.82, 2.24) is 14.8 Å². The van der Waals surface area contributed by atoms with Crippen LogP contribution in [0.1, 0.15) is 37.6 Å². The molecule has 32 heavy (non-hydrogen) atoms. The number of fused-ring (bicyclic) bond motifs is 1. The molecule has 0 saturated carbocycles. The quantitative estimate of drug-likeness (QED) is 0.378. The number of hydrogen-bond acceptors (Lipinski definition) is 6. The minimum absolute atomic E-state index is 0.0164. The van der Waals surface area contributed by atoms with Crippen molar-refractivity contribution in [3.8, 4) is 0 Å². The molecule has 0 aliphatic rings. The minimum atomic E-state index is -0.812. The van der Waals surface area contributed by atoms with Gasteiger partial charge in [-0.3, -0.25) is 9.48 Å². The third-order valence-corrected chi connectivity index (χ3v) is 5.12. The number of amides is 1. The molecule has 6 N–H and O–H groups in total. The number of anilines is 3. The molecule has 8 nitrogen and oxygen atoms in total. The normalized spacial score (nSPS) is 13.3. The van der Waals surface area contributed by atoms with E-state index in [0.29, 0.717) is 11.6 Å². The molecule has 2 atom stereocenters. The van der Waals surface area contributed by atoms with E-state index >= 15 is 0 Å². The maximum Gasteiger partial charge on any atom is 0.252 e. The zero-order valence-electron chi connectivity index (χ0n) is 18.4. The predicted molar refractivity (Wildman–Crippen MR) is 122 cm³/mol. The topological polar surface area (TPSA) is 124 Å². The molecule has 0 aliphatic carbocycles. The molecular formula is C22H29F2N7O. The molecule has 0 aliphatic heterocycles. The van der Waals surface area contributed by atoms with Crippen LogP contribution in [0.25, 0.3) is 10.9 Å². The number of alkyl halides is 1. The van der Waals surface area contributed by atoms with E-state index in [1.807, 2.05) is 6.92 Å². The van der Waals surface area contributed by atoms with Gasteiger partial charge in [-0.15, -0.1) is 0 Å². The Morgan fingerprint density at radius 3 is 2.59 bits per heavy atom. The number of rotatable bonds is 10. The van der Waals surface area contributed by atoms with Gasteiger partial charge in [0, 0.05) is 23.2 Å². The SMILES string of the molecule is CC(C)C[C@@H](Nc1nc(Nc2ccc3c(cnn3CCF)c2)c(C(N)=O)cc1F)[C@H](C)N. The van der Waals surface area contributed by atoms with E-state index in [0.717, 1.165) is 23.4 Å². The third-order valence-electron chi connectivity index (χ3n) is 5.12. The summed E-state index contributed by atoms with van der Waals surface area (Å²) in [4.78, 5) is 16.2. The van der Waals surface area contributed by atoms with Crippen LogP contribution in [-0.4, -0.2) is 39.4 Å². The molecule has 0 unspecified atom stereocenters. The van der Waals surface area contributed by atoms with Crippen LogP contribution in [0.4, 0.5) is 26.1 Å². The van der Waals surface area contributed by atoms with Gasteiger partial charge in [-0.1, -0.05) is 13.8 Å². The lowest BCUT2D eigenvalue weighted by Gasteiger charge is -2.25. The van der Waals surface area contributed by atoms with Gasteiger partial charge in [0.1, 0.15) is 12.5 Å². The lowest BCUT2D eigenvalue weighted by Crippen LogP contribution is -2.39. The number of hydrogen-bond donors (Lipinski definition) is 4. The largest absolute Gasteiger partial charge is 0.365 e. The highest BCUT2D eigenvalue weighted by Gasteiger charge is 2.21. The van der Waals surface area contributed by atoms with Crippen molar-refractivity contribution in [3.05, 3.63) is 41.8 Å². The smallest absolute Gasteiger partial charge is 0.252 e. The maximum atomic E-state index is 14.7. The van der Waals surface area contributed by atoms with Crippen molar-refractivity contribution in [2.45, 2.75) is 45.8 Å². The molecule has 172 valence electrons. The Kier molecular flexibility index (Phi) is 7.24. The molecule has 0 saturated heterocycles. The number of primary amides is 1. The van der Waals surface area contributed by atoms with Gasteiger partial charge in [0.2, 0.25) is 0 Å². The molecule has 1 aromatic carbocycles. The van der Waals surface area contributed by atoms with E-state index in [9.17, 15) is 13.6 Å². The minimum Gasteiger partial charge on any atom is -0.365 e. The first kappa shape index (κ1) is 23.4. The summed E-state index contributed by atoms with van der Waals surface area (Å²) in [7, 11) is 0. The molecule has 0 bridgehead atoms. The number of pyridine rings is 1. The second-order valence-corrected chi connectivity index (χ2v) is 8.27. The number of carbonyl (C=O) groups excluding carboxylic acids is 1. The number of halogens is 2. The molecule has 0 radical (unpaired) electrons. The monoisotopic (exact) mass is 445 g/mol. The average Bonchev–Trinajstić information content (AvgIpc) is 3.11. The number of aryl methyl sites for hydroxylation is 1. The van der Waals surface area contributed by atoms with Gasteiger partial charge in [-0.2, -0.15) is 5.10 Å². The Hall–Kier alpha value is -3.27. The second kappa shape index (κ2) is 9.90. The zero-order valence-corrected chi connectivity index (χ0v) is 18.4. The first-order valence-electron chi connectivity index (χ1n) is 10.5. The highest BCUT2D eigenvalue weighted by atomic mass is 19.1. The van der Waals surface area contributed by atoms with Crippen LogP contribution in [0.3, 0.4) is 0 Å². The highest BCUT2D eigenvalue weighted by Crippen LogP contribution is 2.27. The predicted octanol–water partition coefficient (Wildman–Crippen LogP) is 3.56. The Labute approximate surface area is 185 Å². The molecular weight excluding hydrogens is 416 g/mol. The van der Waals surface area contributed by atoms with Crippen LogP contribution < -0.4 is 22.1 Å². The van der Waals surface area contributed by atoms with Crippen LogP contribution in [0.2, 0.25) is 0 Å². The molecule has 10 heteroatoms. The van der Waals surface area contributed by atoms with Gasteiger partial charge in [0.25, 0.3) is 5.91 Å². The van der Waals surface area contributed by atoms with Crippen LogP contribution >= 0.6 is 0 Å². The summed E-state index contributed by atoms with van der Waals surface area (Å²) < 4.78 is 29.0. The molecule has 0 fully saturated rings. The summed E-state index contributed by atoms with van der Waals surface area (Å²) in [5.74, 6) is -1.06. The Bertz CT molecular complexity index is 1100. The first-order valence-corrected chi connectivity index (χ1v) is 10.5. The van der Waals surface area contributed by atoms with Gasteiger partial charge in [0.15, 0.2) is 11.6 Å². The summed E-state index contributed by atoms with van der Waals surface area (Å²) in [6.07, 6.45) is 2.34. The van der Waals surface area contributed by atoms with Crippen molar-refractivity contribution >= 4 is 34.1 Å². The van der Waals surface area contributed by atoms with Crippen LogP contribution in [0.5, 0.6) is 0 Å². The summed E-state index contributed by atoms with van der Waals surface area (Å²) in [5, 5.41) is 11.0. The van der Waals surface area contributed by atoms with Crippen LogP contribution in [0, 0.1) is 11.7 Å². The maximum absolute atomic E-state index is 14.7. The molecule has 2 heterocycles. The van der Waals surface area contributed by atoms with Crippen LogP contribution in [-0.2, 0) is 6.54 Å². The van der Waals surface area contributed by atoms with E-state index < -0.39 is 18.4 Å². The average molecular weight is 446 g/mol. The van der Waals surface area contributed by atoms with E-state index in [2.05, 4.69) is 34.6 Å².